The van der Waals surface area contributed by atoms with E-state index in [4.69, 9.17) is 4.74 Å². The van der Waals surface area contributed by atoms with E-state index in [0.717, 1.165) is 19.6 Å². The number of nitrogens with zero attached hydrogens (tertiary/aromatic N) is 1. The second kappa shape index (κ2) is 10.5. The highest BCUT2D eigenvalue weighted by Gasteiger charge is 2.17. The number of benzene rings is 2. The second-order valence-electron chi connectivity index (χ2n) is 7.28. The first-order chi connectivity index (χ1) is 12.8. The zero-order valence-electron chi connectivity index (χ0n) is 15.6. The van der Waals surface area contributed by atoms with Crippen LogP contribution < -0.4 is 0 Å². The van der Waals surface area contributed by atoms with Gasteiger partial charge in [0.05, 0.1) is 19.3 Å². The predicted octanol–water partition coefficient (Wildman–Crippen LogP) is 4.07. The van der Waals surface area contributed by atoms with Crippen LogP contribution in [-0.4, -0.2) is 49.0 Å². The van der Waals surface area contributed by atoms with Gasteiger partial charge in [0, 0.05) is 12.5 Å². The lowest BCUT2D eigenvalue weighted by Crippen LogP contribution is -2.35. The van der Waals surface area contributed by atoms with Crippen LogP contribution in [0.5, 0.6) is 0 Å². The second-order valence-corrected chi connectivity index (χ2v) is 7.28. The molecule has 1 heterocycles. The van der Waals surface area contributed by atoms with Gasteiger partial charge < -0.3 is 14.7 Å². The van der Waals surface area contributed by atoms with Crippen molar-refractivity contribution in [2.75, 3.05) is 32.8 Å². The molecule has 0 unspecified atom stereocenters. The molecule has 2 aromatic carbocycles. The van der Waals surface area contributed by atoms with Gasteiger partial charge in [-0.1, -0.05) is 73.5 Å². The van der Waals surface area contributed by atoms with E-state index in [-0.39, 0.29) is 5.92 Å². The fourth-order valence-electron chi connectivity index (χ4n) is 3.75. The highest BCUT2D eigenvalue weighted by atomic mass is 16.5. The largest absolute Gasteiger partial charge is 0.389 e. The summed E-state index contributed by atoms with van der Waals surface area (Å²) >= 11 is 0. The monoisotopic (exact) mass is 353 g/mol. The van der Waals surface area contributed by atoms with Crippen molar-refractivity contribution < 1.29 is 9.84 Å². The molecule has 0 spiro atoms. The lowest BCUT2D eigenvalue weighted by molar-refractivity contribution is 0.0149. The normalized spacial score (nSPS) is 17.2. The first kappa shape index (κ1) is 19.1. The molecule has 0 bridgehead atoms. The highest BCUT2D eigenvalue weighted by molar-refractivity contribution is 5.32. The van der Waals surface area contributed by atoms with E-state index >= 15 is 0 Å². The Labute approximate surface area is 157 Å². The van der Waals surface area contributed by atoms with Crippen LogP contribution in [0.3, 0.4) is 0 Å². The molecule has 0 radical (unpaired) electrons. The van der Waals surface area contributed by atoms with E-state index in [2.05, 4.69) is 53.4 Å². The van der Waals surface area contributed by atoms with Crippen molar-refractivity contribution in [1.29, 1.82) is 0 Å². The number of rotatable bonds is 8. The Kier molecular flexibility index (Phi) is 7.68. The van der Waals surface area contributed by atoms with Gasteiger partial charge in [-0.15, -0.1) is 0 Å². The van der Waals surface area contributed by atoms with Crippen LogP contribution in [0.4, 0.5) is 0 Å². The smallest absolute Gasteiger partial charge is 0.0900 e. The molecule has 1 aliphatic rings. The molecule has 3 nitrogen and oxygen atoms in total. The van der Waals surface area contributed by atoms with E-state index in [1.165, 1.54) is 36.8 Å². The van der Waals surface area contributed by atoms with Gasteiger partial charge in [-0.3, -0.25) is 0 Å². The molecule has 140 valence electrons. The van der Waals surface area contributed by atoms with E-state index in [0.29, 0.717) is 13.2 Å². The van der Waals surface area contributed by atoms with Gasteiger partial charge in [-0.05, 0) is 37.1 Å². The quantitative estimate of drug-likeness (QED) is 0.776. The molecular weight excluding hydrogens is 322 g/mol. The van der Waals surface area contributed by atoms with Crippen LogP contribution in [0, 0.1) is 0 Å². The number of hydrogen-bond donors (Lipinski definition) is 1. The summed E-state index contributed by atoms with van der Waals surface area (Å²) in [6, 6.07) is 20.9. The van der Waals surface area contributed by atoms with E-state index in [9.17, 15) is 5.11 Å². The fourth-order valence-corrected chi connectivity index (χ4v) is 3.75. The Hall–Kier alpha value is -1.68. The summed E-state index contributed by atoms with van der Waals surface area (Å²) in [5.41, 5.74) is 2.50. The summed E-state index contributed by atoms with van der Waals surface area (Å²) in [5, 5.41) is 10.4. The first-order valence-corrected chi connectivity index (χ1v) is 9.91. The van der Waals surface area contributed by atoms with Crippen molar-refractivity contribution in [3.63, 3.8) is 0 Å². The molecule has 3 heteroatoms. The highest BCUT2D eigenvalue weighted by Crippen LogP contribution is 2.24. The maximum absolute atomic E-state index is 10.4. The molecule has 3 rings (SSSR count). The Morgan fingerprint density at radius 1 is 0.769 bits per heavy atom. The number of ether oxygens (including phenoxy) is 1. The number of aliphatic hydroxyl groups excluding tert-OH is 1. The Bertz CT molecular complexity index is 569. The molecule has 0 aliphatic carbocycles. The van der Waals surface area contributed by atoms with Gasteiger partial charge in [-0.25, -0.2) is 0 Å². The average Bonchev–Trinajstić information content (AvgIpc) is 2.95. The number of likely N-dealkylation sites (tertiary alicyclic amines) is 1. The van der Waals surface area contributed by atoms with E-state index in [1.807, 2.05) is 12.1 Å². The maximum atomic E-state index is 10.4. The fraction of sp³-hybridized carbons (Fsp3) is 0.478. The lowest BCUT2D eigenvalue weighted by atomic mass is 9.92. The minimum atomic E-state index is -0.416. The third-order valence-electron chi connectivity index (χ3n) is 5.17. The van der Waals surface area contributed by atoms with E-state index in [1.54, 1.807) is 0 Å². The van der Waals surface area contributed by atoms with Crippen LogP contribution >= 0.6 is 0 Å². The van der Waals surface area contributed by atoms with Crippen LogP contribution in [0.15, 0.2) is 60.7 Å². The predicted molar refractivity (Wildman–Crippen MR) is 106 cm³/mol. The molecule has 0 saturated carbocycles. The third kappa shape index (κ3) is 5.94. The summed E-state index contributed by atoms with van der Waals surface area (Å²) in [4.78, 5) is 2.38. The maximum Gasteiger partial charge on any atom is 0.0900 e. The molecule has 26 heavy (non-hydrogen) atoms. The third-order valence-corrected chi connectivity index (χ3v) is 5.17. The zero-order chi connectivity index (χ0) is 18.0. The van der Waals surface area contributed by atoms with Crippen molar-refractivity contribution in [2.45, 2.75) is 37.7 Å². The van der Waals surface area contributed by atoms with Gasteiger partial charge in [0.1, 0.15) is 0 Å². The van der Waals surface area contributed by atoms with Crippen LogP contribution in [0.2, 0.25) is 0 Å². The molecule has 0 aromatic heterocycles. The molecule has 1 fully saturated rings. The standard InChI is InChI=1S/C23H31NO2/c25-22(17-24-15-9-1-2-10-16-24)18-26-19-23(20-11-5-3-6-12-20)21-13-7-4-8-14-21/h3-8,11-14,22-23,25H,1-2,9-10,15-19H2/t22-/m1/s1. The Balaban J connectivity index is 1.53. The van der Waals surface area contributed by atoms with Crippen molar-refractivity contribution in [2.24, 2.45) is 0 Å². The summed E-state index contributed by atoms with van der Waals surface area (Å²) in [5.74, 6) is 0.197. The lowest BCUT2D eigenvalue weighted by Gasteiger charge is -2.24. The minimum absolute atomic E-state index is 0.197. The van der Waals surface area contributed by atoms with Crippen molar-refractivity contribution >= 4 is 0 Å². The minimum Gasteiger partial charge on any atom is -0.389 e. The van der Waals surface area contributed by atoms with Crippen molar-refractivity contribution in [3.8, 4) is 0 Å². The summed E-state index contributed by atoms with van der Waals surface area (Å²) in [6.07, 6.45) is 4.72. The summed E-state index contributed by atoms with van der Waals surface area (Å²) in [7, 11) is 0. The van der Waals surface area contributed by atoms with Gasteiger partial charge in [0.25, 0.3) is 0 Å². The number of hydrogen-bond acceptors (Lipinski definition) is 3. The van der Waals surface area contributed by atoms with Gasteiger partial charge >= 0.3 is 0 Å². The van der Waals surface area contributed by atoms with Crippen molar-refractivity contribution in [3.05, 3.63) is 71.8 Å². The molecule has 1 atom stereocenters. The van der Waals surface area contributed by atoms with Crippen molar-refractivity contribution in [1.82, 2.24) is 4.90 Å². The molecule has 2 aromatic rings. The average molecular weight is 354 g/mol. The Morgan fingerprint density at radius 3 is 1.85 bits per heavy atom. The molecule has 0 amide bonds. The van der Waals surface area contributed by atoms with E-state index < -0.39 is 6.10 Å². The molecule has 1 aliphatic heterocycles. The summed E-state index contributed by atoms with van der Waals surface area (Å²) in [6.45, 7) is 3.92. The van der Waals surface area contributed by atoms with Crippen LogP contribution in [0.1, 0.15) is 42.7 Å². The molecule has 1 saturated heterocycles. The first-order valence-electron chi connectivity index (χ1n) is 9.91. The SMILES string of the molecule is O[C@@H](COCC(c1ccccc1)c1ccccc1)CN1CCCCCC1. The Morgan fingerprint density at radius 2 is 1.31 bits per heavy atom. The molecular formula is C23H31NO2. The molecule has 1 N–H and O–H groups in total. The summed E-state index contributed by atoms with van der Waals surface area (Å²) < 4.78 is 5.96. The topological polar surface area (TPSA) is 32.7 Å². The van der Waals surface area contributed by atoms with Crippen LogP contribution in [-0.2, 0) is 4.74 Å². The number of β-amino-alcohol motifs (C(OH)–C–C–N with tert-alkyl or cyclic N) is 1. The van der Waals surface area contributed by atoms with Gasteiger partial charge in [-0.2, -0.15) is 0 Å². The van der Waals surface area contributed by atoms with Gasteiger partial charge in [0.2, 0.25) is 0 Å². The van der Waals surface area contributed by atoms with Gasteiger partial charge in [0.15, 0.2) is 0 Å². The number of aliphatic hydroxyl groups is 1. The van der Waals surface area contributed by atoms with Crippen LogP contribution in [0.25, 0.3) is 0 Å². The zero-order valence-corrected chi connectivity index (χ0v) is 15.6.